The van der Waals surface area contributed by atoms with Crippen molar-refractivity contribution in [1.82, 2.24) is 0 Å². The molecule has 0 atom stereocenters. The molecule has 2 aromatic rings. The fraction of sp³-hybridized carbons (Fsp3) is 0.158. The average molecular weight is 437 g/mol. The van der Waals surface area contributed by atoms with E-state index < -0.39 is 6.61 Å². The topological polar surface area (TPSA) is 57.2 Å². The van der Waals surface area contributed by atoms with Gasteiger partial charge < -0.3 is 18.9 Å². The average Bonchev–Trinajstić information content (AvgIpc) is 3.26. The zero-order chi connectivity index (χ0) is 20.5. The molecular formula is C19H13F2NO5S2. The number of carbonyl (C=O) groups excluding carboxylic acids is 1. The largest absolute Gasteiger partial charge is 0.493 e. The highest BCUT2D eigenvalue weighted by molar-refractivity contribution is 8.27. The highest BCUT2D eigenvalue weighted by atomic mass is 32.2. The lowest BCUT2D eigenvalue weighted by Gasteiger charge is -2.14. The third-order valence-electron chi connectivity index (χ3n) is 4.11. The molecule has 6 nitrogen and oxygen atoms in total. The molecule has 0 saturated carbocycles. The zero-order valence-corrected chi connectivity index (χ0v) is 16.5. The maximum absolute atomic E-state index is 12.9. The summed E-state index contributed by atoms with van der Waals surface area (Å²) in [6.45, 7) is -2.84. The van der Waals surface area contributed by atoms with Gasteiger partial charge in [-0.2, -0.15) is 8.78 Å². The van der Waals surface area contributed by atoms with Crippen LogP contribution in [0.15, 0.2) is 41.3 Å². The van der Waals surface area contributed by atoms with Crippen LogP contribution in [-0.4, -0.2) is 30.7 Å². The number of ether oxygens (including phenoxy) is 4. The van der Waals surface area contributed by atoms with Crippen LogP contribution in [0.4, 0.5) is 14.5 Å². The summed E-state index contributed by atoms with van der Waals surface area (Å²) in [5.41, 5.74) is 1.15. The summed E-state index contributed by atoms with van der Waals surface area (Å²) in [4.78, 5) is 14.7. The Labute approximate surface area is 174 Å². The molecule has 4 rings (SSSR count). The highest BCUT2D eigenvalue weighted by Gasteiger charge is 2.34. The first kappa shape index (κ1) is 19.5. The van der Waals surface area contributed by atoms with Gasteiger partial charge >= 0.3 is 6.61 Å². The van der Waals surface area contributed by atoms with Crippen molar-refractivity contribution in [2.24, 2.45) is 0 Å². The van der Waals surface area contributed by atoms with Crippen LogP contribution >= 0.6 is 24.0 Å². The molecule has 1 saturated heterocycles. The van der Waals surface area contributed by atoms with Gasteiger partial charge in [-0.25, -0.2) is 0 Å². The Morgan fingerprint density at radius 1 is 1.17 bits per heavy atom. The predicted octanol–water partition coefficient (Wildman–Crippen LogP) is 4.43. The molecule has 1 fully saturated rings. The van der Waals surface area contributed by atoms with E-state index in [0.717, 1.165) is 11.8 Å². The second kappa shape index (κ2) is 7.88. The number of methoxy groups -OCH3 is 1. The van der Waals surface area contributed by atoms with Crippen LogP contribution in [-0.2, 0) is 4.79 Å². The van der Waals surface area contributed by atoms with Crippen molar-refractivity contribution in [2.45, 2.75) is 6.61 Å². The number of fused-ring (bicyclic) bond motifs is 1. The minimum atomic E-state index is -2.97. The van der Waals surface area contributed by atoms with Gasteiger partial charge in [-0.15, -0.1) is 0 Å². The number of thioether (sulfide) groups is 1. The molecule has 150 valence electrons. The van der Waals surface area contributed by atoms with Crippen molar-refractivity contribution in [3.8, 4) is 23.0 Å². The van der Waals surface area contributed by atoms with Crippen LogP contribution in [0.1, 0.15) is 5.56 Å². The maximum atomic E-state index is 12.9. The van der Waals surface area contributed by atoms with Crippen molar-refractivity contribution in [3.05, 3.63) is 46.9 Å². The number of hydrogen-bond donors (Lipinski definition) is 0. The summed E-state index contributed by atoms with van der Waals surface area (Å²) >= 11 is 6.50. The van der Waals surface area contributed by atoms with E-state index in [1.807, 2.05) is 0 Å². The second-order valence-corrected chi connectivity index (χ2v) is 7.52. The first-order valence-electron chi connectivity index (χ1n) is 8.26. The van der Waals surface area contributed by atoms with Gasteiger partial charge in [0.25, 0.3) is 5.91 Å². The van der Waals surface area contributed by atoms with E-state index in [4.69, 9.17) is 26.4 Å². The third kappa shape index (κ3) is 3.85. The Morgan fingerprint density at radius 2 is 1.97 bits per heavy atom. The Bertz CT molecular complexity index is 1030. The molecule has 0 bridgehead atoms. The molecule has 2 aliphatic rings. The van der Waals surface area contributed by atoms with Crippen LogP contribution in [0, 0.1) is 0 Å². The van der Waals surface area contributed by atoms with E-state index in [9.17, 15) is 13.6 Å². The SMILES string of the molecule is COc1cc(/C=C2\SC(=S)N(c3ccc4c(c3)OCO4)C2=O)ccc1OC(F)F. The molecule has 2 aromatic carbocycles. The number of alkyl halides is 2. The lowest BCUT2D eigenvalue weighted by atomic mass is 10.2. The third-order valence-corrected chi connectivity index (χ3v) is 5.41. The monoisotopic (exact) mass is 437 g/mol. The highest BCUT2D eigenvalue weighted by Crippen LogP contribution is 2.41. The molecule has 10 heteroatoms. The Hall–Kier alpha value is -2.85. The fourth-order valence-electron chi connectivity index (χ4n) is 2.83. The number of halogens is 2. The van der Waals surface area contributed by atoms with E-state index in [0.29, 0.717) is 32.0 Å². The number of carbonyl (C=O) groups is 1. The standard InChI is InChI=1S/C19H13F2NO5S2/c1-24-14-6-10(2-4-13(14)27-18(20)21)7-16-17(23)22(19(28)29-16)11-3-5-12-15(8-11)26-9-25-12/h2-8,18H,9H2,1H3/b16-7-. The zero-order valence-electron chi connectivity index (χ0n) is 14.9. The van der Waals surface area contributed by atoms with Crippen LogP contribution in [0.3, 0.4) is 0 Å². The van der Waals surface area contributed by atoms with Gasteiger partial charge in [0.05, 0.1) is 17.7 Å². The minimum Gasteiger partial charge on any atom is -0.493 e. The molecule has 0 unspecified atom stereocenters. The van der Waals surface area contributed by atoms with Gasteiger partial charge in [0, 0.05) is 6.07 Å². The van der Waals surface area contributed by atoms with Gasteiger partial charge in [-0.05, 0) is 35.9 Å². The van der Waals surface area contributed by atoms with Gasteiger partial charge in [0.15, 0.2) is 27.3 Å². The number of benzene rings is 2. The second-order valence-electron chi connectivity index (χ2n) is 5.84. The van der Waals surface area contributed by atoms with Crippen molar-refractivity contribution in [2.75, 3.05) is 18.8 Å². The first-order valence-corrected chi connectivity index (χ1v) is 9.49. The van der Waals surface area contributed by atoms with Gasteiger partial charge in [0.1, 0.15) is 0 Å². The van der Waals surface area contributed by atoms with Crippen LogP contribution in [0.5, 0.6) is 23.0 Å². The number of nitrogens with zero attached hydrogens (tertiary/aromatic N) is 1. The normalized spacial score (nSPS) is 16.8. The lowest BCUT2D eigenvalue weighted by Crippen LogP contribution is -2.27. The van der Waals surface area contributed by atoms with E-state index >= 15 is 0 Å². The van der Waals surface area contributed by atoms with Gasteiger partial charge in [-0.1, -0.05) is 30.0 Å². The molecule has 0 N–H and O–H groups in total. The first-order chi connectivity index (χ1) is 14.0. The molecule has 2 heterocycles. The van der Waals surface area contributed by atoms with E-state index in [1.165, 1.54) is 24.1 Å². The molecule has 1 amide bonds. The number of amides is 1. The fourth-order valence-corrected chi connectivity index (χ4v) is 4.13. The summed E-state index contributed by atoms with van der Waals surface area (Å²) < 4.78 is 45.4. The number of rotatable bonds is 5. The molecule has 29 heavy (non-hydrogen) atoms. The van der Waals surface area contributed by atoms with Crippen molar-refractivity contribution >= 4 is 46.0 Å². The molecular weight excluding hydrogens is 424 g/mol. The summed E-state index contributed by atoms with van der Waals surface area (Å²) in [7, 11) is 1.34. The molecule has 0 aliphatic carbocycles. The number of hydrogen-bond acceptors (Lipinski definition) is 7. The van der Waals surface area contributed by atoms with Crippen molar-refractivity contribution < 1.29 is 32.5 Å². The Balaban J connectivity index is 1.61. The van der Waals surface area contributed by atoms with E-state index in [1.54, 1.807) is 30.3 Å². The van der Waals surface area contributed by atoms with Crippen LogP contribution < -0.4 is 23.8 Å². The van der Waals surface area contributed by atoms with Crippen molar-refractivity contribution in [3.63, 3.8) is 0 Å². The predicted molar refractivity (Wildman–Crippen MR) is 108 cm³/mol. The number of thiocarbonyl (C=S) groups is 1. The van der Waals surface area contributed by atoms with Gasteiger partial charge in [0.2, 0.25) is 6.79 Å². The molecule has 0 spiro atoms. The van der Waals surface area contributed by atoms with Crippen molar-refractivity contribution in [1.29, 1.82) is 0 Å². The summed E-state index contributed by atoms with van der Waals surface area (Å²) in [5, 5.41) is 0. The Morgan fingerprint density at radius 3 is 2.72 bits per heavy atom. The molecule has 0 radical (unpaired) electrons. The smallest absolute Gasteiger partial charge is 0.387 e. The lowest BCUT2D eigenvalue weighted by molar-refractivity contribution is -0.113. The van der Waals surface area contributed by atoms with Crippen LogP contribution in [0.25, 0.3) is 6.08 Å². The van der Waals surface area contributed by atoms with E-state index in [2.05, 4.69) is 4.74 Å². The molecule has 0 aromatic heterocycles. The quantitative estimate of drug-likeness (QED) is 0.507. The summed E-state index contributed by atoms with van der Waals surface area (Å²) in [5.74, 6) is 0.886. The minimum absolute atomic E-state index is 0.0902. The number of anilines is 1. The van der Waals surface area contributed by atoms with E-state index in [-0.39, 0.29) is 24.2 Å². The Kier molecular flexibility index (Phi) is 5.29. The summed E-state index contributed by atoms with van der Waals surface area (Å²) in [6.07, 6.45) is 1.61. The molecule has 2 aliphatic heterocycles. The maximum Gasteiger partial charge on any atom is 0.387 e. The summed E-state index contributed by atoms with van der Waals surface area (Å²) in [6, 6.07) is 9.54. The van der Waals surface area contributed by atoms with Gasteiger partial charge in [-0.3, -0.25) is 9.69 Å². The van der Waals surface area contributed by atoms with Crippen LogP contribution in [0.2, 0.25) is 0 Å².